The molecule has 0 aliphatic carbocycles. The molecule has 0 atom stereocenters. The molecule has 1 amide bonds. The lowest BCUT2D eigenvalue weighted by Crippen LogP contribution is -2.24. The summed E-state index contributed by atoms with van der Waals surface area (Å²) in [5.41, 5.74) is 4.02. The van der Waals surface area contributed by atoms with E-state index in [1.807, 2.05) is 38.1 Å². The fraction of sp³-hybridized carbons (Fsp3) is 0.240. The van der Waals surface area contributed by atoms with Gasteiger partial charge in [-0.25, -0.2) is 13.9 Å². The first-order chi connectivity index (χ1) is 16.5. The number of aromatic nitrogens is 3. The maximum Gasteiger partial charge on any atom is 0.230 e. The number of fused-ring (bicyclic) bond motifs is 1. The number of amides is 1. The van der Waals surface area contributed by atoms with Crippen molar-refractivity contribution in [3.8, 4) is 22.6 Å². The number of carbonyl (C=O) groups is 1. The third kappa shape index (κ3) is 5.31. The van der Waals surface area contributed by atoms with Gasteiger partial charge < -0.3 is 14.8 Å². The highest BCUT2D eigenvalue weighted by atomic mass is 32.2. The summed E-state index contributed by atoms with van der Waals surface area (Å²) in [5.74, 6) is 1.13. The Kier molecular flexibility index (Phi) is 7.32. The van der Waals surface area contributed by atoms with E-state index < -0.39 is 0 Å². The number of halogens is 1. The van der Waals surface area contributed by atoms with E-state index in [1.54, 1.807) is 30.0 Å². The van der Waals surface area contributed by atoms with Crippen LogP contribution < -0.4 is 14.8 Å². The third-order valence-corrected chi connectivity index (χ3v) is 6.08. The van der Waals surface area contributed by atoms with Crippen molar-refractivity contribution in [3.05, 3.63) is 71.8 Å². The van der Waals surface area contributed by atoms with Crippen molar-refractivity contribution in [2.24, 2.45) is 0 Å². The summed E-state index contributed by atoms with van der Waals surface area (Å²) in [6.07, 6.45) is 1.71. The SMILES string of the molecule is CCOc1cc(CNC(=O)CSc2cc(C)nc3c(-c4ccc(F)cc4)cnn23)ccc1OC. The Morgan fingerprint density at radius 1 is 1.15 bits per heavy atom. The van der Waals surface area contributed by atoms with Gasteiger partial charge in [-0.05, 0) is 55.3 Å². The summed E-state index contributed by atoms with van der Waals surface area (Å²) in [7, 11) is 1.59. The summed E-state index contributed by atoms with van der Waals surface area (Å²) in [5, 5.41) is 8.19. The second-order valence-electron chi connectivity index (χ2n) is 7.52. The van der Waals surface area contributed by atoms with E-state index in [0.717, 1.165) is 27.4 Å². The van der Waals surface area contributed by atoms with Crippen LogP contribution in [0.25, 0.3) is 16.8 Å². The Morgan fingerprint density at radius 3 is 2.68 bits per heavy atom. The quantitative estimate of drug-likeness (QED) is 0.277. The van der Waals surface area contributed by atoms with E-state index >= 15 is 0 Å². The maximum absolute atomic E-state index is 13.3. The van der Waals surface area contributed by atoms with Crippen LogP contribution in [-0.2, 0) is 11.3 Å². The van der Waals surface area contributed by atoms with Crippen molar-refractivity contribution in [3.63, 3.8) is 0 Å². The zero-order valence-corrected chi connectivity index (χ0v) is 20.0. The molecule has 1 N–H and O–H groups in total. The highest BCUT2D eigenvalue weighted by molar-refractivity contribution is 7.99. The van der Waals surface area contributed by atoms with Crippen LogP contribution in [0.15, 0.2) is 59.8 Å². The minimum Gasteiger partial charge on any atom is -0.493 e. The molecule has 2 aromatic heterocycles. The number of aryl methyl sites for hydroxylation is 1. The van der Waals surface area contributed by atoms with E-state index in [9.17, 15) is 9.18 Å². The van der Waals surface area contributed by atoms with Gasteiger partial charge in [0.15, 0.2) is 17.1 Å². The van der Waals surface area contributed by atoms with Gasteiger partial charge in [0.25, 0.3) is 0 Å². The van der Waals surface area contributed by atoms with Crippen LogP contribution in [0, 0.1) is 12.7 Å². The van der Waals surface area contributed by atoms with Gasteiger partial charge in [0.05, 0.1) is 25.7 Å². The number of nitrogens with zero attached hydrogens (tertiary/aromatic N) is 3. The van der Waals surface area contributed by atoms with E-state index in [4.69, 9.17) is 9.47 Å². The Hall–Kier alpha value is -3.59. The Balaban J connectivity index is 1.44. The molecule has 0 unspecified atom stereocenters. The molecule has 0 aliphatic heterocycles. The first-order valence-corrected chi connectivity index (χ1v) is 11.8. The molecule has 0 spiro atoms. The van der Waals surface area contributed by atoms with Crippen LogP contribution in [0.3, 0.4) is 0 Å². The number of thioether (sulfide) groups is 1. The highest BCUT2D eigenvalue weighted by Crippen LogP contribution is 2.29. The zero-order chi connectivity index (χ0) is 24.1. The van der Waals surface area contributed by atoms with E-state index in [1.165, 1.54) is 23.9 Å². The van der Waals surface area contributed by atoms with Crippen LogP contribution in [0.2, 0.25) is 0 Å². The van der Waals surface area contributed by atoms with Crippen molar-refractivity contribution in [2.75, 3.05) is 19.5 Å². The molecule has 0 saturated carbocycles. The fourth-order valence-corrected chi connectivity index (χ4v) is 4.37. The number of carbonyl (C=O) groups excluding carboxylic acids is 1. The summed E-state index contributed by atoms with van der Waals surface area (Å²) < 4.78 is 25.9. The first kappa shape index (κ1) is 23.6. The topological polar surface area (TPSA) is 77.8 Å². The van der Waals surface area contributed by atoms with Crippen LogP contribution in [0.5, 0.6) is 11.5 Å². The number of rotatable bonds is 9. The smallest absolute Gasteiger partial charge is 0.230 e. The van der Waals surface area contributed by atoms with Crippen molar-refractivity contribution in [1.82, 2.24) is 19.9 Å². The lowest BCUT2D eigenvalue weighted by molar-refractivity contribution is -0.118. The molecule has 4 rings (SSSR count). The Morgan fingerprint density at radius 2 is 1.94 bits per heavy atom. The second kappa shape index (κ2) is 10.6. The highest BCUT2D eigenvalue weighted by Gasteiger charge is 2.14. The van der Waals surface area contributed by atoms with Gasteiger partial charge >= 0.3 is 0 Å². The number of hydrogen-bond donors (Lipinski definition) is 1. The molecule has 7 nitrogen and oxygen atoms in total. The molecule has 0 fully saturated rings. The predicted molar refractivity (Wildman–Crippen MR) is 130 cm³/mol. The molecule has 0 radical (unpaired) electrons. The number of methoxy groups -OCH3 is 1. The van der Waals surface area contributed by atoms with Gasteiger partial charge in [0.1, 0.15) is 10.8 Å². The van der Waals surface area contributed by atoms with Crippen molar-refractivity contribution in [2.45, 2.75) is 25.4 Å². The number of benzene rings is 2. The lowest BCUT2D eigenvalue weighted by atomic mass is 10.1. The molecule has 2 aromatic carbocycles. The normalized spacial score (nSPS) is 10.9. The number of hydrogen-bond acceptors (Lipinski definition) is 6. The monoisotopic (exact) mass is 480 g/mol. The minimum atomic E-state index is -0.296. The van der Waals surface area contributed by atoms with Crippen LogP contribution in [-0.4, -0.2) is 40.0 Å². The standard InChI is InChI=1S/C25H25FN4O3S/c1-4-33-22-12-17(5-10-21(22)32-3)13-27-23(31)15-34-24-11-16(2)29-25-20(14-28-30(24)25)18-6-8-19(26)9-7-18/h5-12,14H,4,13,15H2,1-3H3,(H,27,31). The first-order valence-electron chi connectivity index (χ1n) is 10.8. The van der Waals surface area contributed by atoms with Crippen molar-refractivity contribution in [1.29, 1.82) is 0 Å². The summed E-state index contributed by atoms with van der Waals surface area (Å²) >= 11 is 1.38. The predicted octanol–water partition coefficient (Wildman–Crippen LogP) is 4.66. The number of ether oxygens (including phenoxy) is 2. The average molecular weight is 481 g/mol. The lowest BCUT2D eigenvalue weighted by Gasteiger charge is -2.12. The average Bonchev–Trinajstić information content (AvgIpc) is 3.26. The molecule has 176 valence electrons. The second-order valence-corrected chi connectivity index (χ2v) is 8.52. The van der Waals surface area contributed by atoms with Crippen LogP contribution >= 0.6 is 11.8 Å². The van der Waals surface area contributed by atoms with Gasteiger partial charge in [-0.2, -0.15) is 5.10 Å². The van der Waals surface area contributed by atoms with Crippen molar-refractivity contribution >= 4 is 23.3 Å². The van der Waals surface area contributed by atoms with E-state index in [2.05, 4.69) is 15.4 Å². The number of nitrogens with one attached hydrogen (secondary N) is 1. The molecule has 0 saturated heterocycles. The maximum atomic E-state index is 13.3. The molecule has 34 heavy (non-hydrogen) atoms. The van der Waals surface area contributed by atoms with Gasteiger partial charge in [0.2, 0.25) is 5.91 Å². The van der Waals surface area contributed by atoms with Gasteiger partial charge in [-0.1, -0.05) is 30.0 Å². The molecular formula is C25H25FN4O3S. The summed E-state index contributed by atoms with van der Waals surface area (Å²) in [4.78, 5) is 17.1. The zero-order valence-electron chi connectivity index (χ0n) is 19.2. The minimum absolute atomic E-state index is 0.104. The molecular weight excluding hydrogens is 455 g/mol. The largest absolute Gasteiger partial charge is 0.493 e. The van der Waals surface area contributed by atoms with Crippen LogP contribution in [0.1, 0.15) is 18.2 Å². The van der Waals surface area contributed by atoms with Gasteiger partial charge in [-0.15, -0.1) is 0 Å². The summed E-state index contributed by atoms with van der Waals surface area (Å²) in [6, 6.07) is 13.7. The Labute approximate surface area is 201 Å². The van der Waals surface area contributed by atoms with Gasteiger partial charge in [-0.3, -0.25) is 4.79 Å². The van der Waals surface area contributed by atoms with E-state index in [0.29, 0.717) is 30.3 Å². The van der Waals surface area contributed by atoms with Crippen LogP contribution in [0.4, 0.5) is 4.39 Å². The molecule has 9 heteroatoms. The third-order valence-electron chi connectivity index (χ3n) is 5.09. The molecule has 0 bridgehead atoms. The molecule has 0 aliphatic rings. The van der Waals surface area contributed by atoms with E-state index in [-0.39, 0.29) is 17.5 Å². The summed E-state index contributed by atoms with van der Waals surface area (Å²) in [6.45, 7) is 4.71. The van der Waals surface area contributed by atoms with Crippen molar-refractivity contribution < 1.29 is 18.7 Å². The fourth-order valence-electron chi connectivity index (χ4n) is 3.48. The Bertz CT molecular complexity index is 1310. The van der Waals surface area contributed by atoms with Gasteiger partial charge in [0, 0.05) is 17.8 Å². The molecule has 4 aromatic rings. The molecule has 2 heterocycles.